The number of aryl methyl sites for hydroxylation is 2. The van der Waals surface area contributed by atoms with Crippen LogP contribution in [0.3, 0.4) is 0 Å². The number of halogens is 3. The Morgan fingerprint density at radius 2 is 1.90 bits per heavy atom. The normalized spacial score (nSPS) is 13.6. The van der Waals surface area contributed by atoms with E-state index in [1.807, 2.05) is 4.52 Å². The van der Waals surface area contributed by atoms with E-state index in [2.05, 4.69) is 51.0 Å². The highest BCUT2D eigenvalue weighted by molar-refractivity contribution is 9.10. The average molecular weight is 491 g/mol. The standard InChI is InChI=1S/C22H18BrCl2N3O/c23-15-6-4-14(5-7-15)18-12-28-22-17(18)3-1-2-10-27(22)21(26-28)13-29-20-9-8-16(24)11-19(20)25/h4-9,11-12H,1-3,10,13H2. The summed E-state index contributed by atoms with van der Waals surface area (Å²) in [6.45, 7) is 1.30. The first-order valence-electron chi connectivity index (χ1n) is 9.53. The van der Waals surface area contributed by atoms with Gasteiger partial charge in [0.1, 0.15) is 18.0 Å². The largest absolute Gasteiger partial charge is 0.484 e. The maximum Gasteiger partial charge on any atom is 0.169 e. The zero-order chi connectivity index (χ0) is 20.0. The lowest BCUT2D eigenvalue weighted by molar-refractivity contribution is 0.289. The molecule has 0 saturated heterocycles. The molecular weight excluding hydrogens is 473 g/mol. The van der Waals surface area contributed by atoms with Crippen LogP contribution in [0.4, 0.5) is 0 Å². The molecule has 1 aliphatic rings. The van der Waals surface area contributed by atoms with E-state index in [9.17, 15) is 0 Å². The predicted octanol–water partition coefficient (Wildman–Crippen LogP) is 6.79. The fourth-order valence-corrected chi connectivity index (χ4v) is 4.68. The molecule has 148 valence electrons. The summed E-state index contributed by atoms with van der Waals surface area (Å²) in [5, 5.41) is 5.92. The van der Waals surface area contributed by atoms with Crippen LogP contribution in [0.1, 0.15) is 24.2 Å². The molecule has 2 aromatic heterocycles. The molecular formula is C22H18BrCl2N3O. The lowest BCUT2D eigenvalue weighted by Gasteiger charge is -2.10. The summed E-state index contributed by atoms with van der Waals surface area (Å²) in [6, 6.07) is 13.7. The molecule has 1 aliphatic heterocycles. The molecule has 0 saturated carbocycles. The molecule has 7 heteroatoms. The Balaban J connectivity index is 1.52. The van der Waals surface area contributed by atoms with Crippen LogP contribution in [0.15, 0.2) is 53.1 Å². The first-order chi connectivity index (χ1) is 14.1. The van der Waals surface area contributed by atoms with Crippen molar-refractivity contribution < 1.29 is 4.74 Å². The highest BCUT2D eigenvalue weighted by Gasteiger charge is 2.22. The quantitative estimate of drug-likeness (QED) is 0.315. The zero-order valence-electron chi connectivity index (χ0n) is 15.5. The molecule has 0 spiro atoms. The van der Waals surface area contributed by atoms with Crippen molar-refractivity contribution in [3.05, 3.63) is 74.6 Å². The van der Waals surface area contributed by atoms with Crippen molar-refractivity contribution in [1.82, 2.24) is 14.2 Å². The number of rotatable bonds is 4. The third-order valence-corrected chi connectivity index (χ3v) is 6.38. The molecule has 0 radical (unpaired) electrons. The van der Waals surface area contributed by atoms with Gasteiger partial charge in [-0.15, -0.1) is 5.10 Å². The van der Waals surface area contributed by atoms with Gasteiger partial charge in [-0.25, -0.2) is 4.52 Å². The highest BCUT2D eigenvalue weighted by atomic mass is 79.9. The molecule has 0 unspecified atom stereocenters. The van der Waals surface area contributed by atoms with Gasteiger partial charge in [0, 0.05) is 33.4 Å². The van der Waals surface area contributed by atoms with Gasteiger partial charge in [-0.05, 0) is 55.2 Å². The average Bonchev–Trinajstić information content (AvgIpc) is 3.11. The van der Waals surface area contributed by atoms with Crippen molar-refractivity contribution in [3.8, 4) is 16.9 Å². The van der Waals surface area contributed by atoms with E-state index in [1.54, 1.807) is 18.2 Å². The second-order valence-corrected chi connectivity index (χ2v) is 8.94. The maximum atomic E-state index is 6.24. The Morgan fingerprint density at radius 1 is 1.07 bits per heavy atom. The van der Waals surface area contributed by atoms with Crippen molar-refractivity contribution >= 4 is 44.8 Å². The zero-order valence-corrected chi connectivity index (χ0v) is 18.6. The molecule has 4 aromatic rings. The van der Waals surface area contributed by atoms with Crippen LogP contribution in [0.25, 0.3) is 16.8 Å². The minimum atomic E-state index is 0.357. The maximum absolute atomic E-state index is 6.24. The van der Waals surface area contributed by atoms with Gasteiger partial charge in [0.05, 0.1) is 5.02 Å². The van der Waals surface area contributed by atoms with E-state index in [0.29, 0.717) is 22.4 Å². The Hall–Kier alpha value is -1.95. The smallest absolute Gasteiger partial charge is 0.169 e. The van der Waals surface area contributed by atoms with E-state index in [-0.39, 0.29) is 0 Å². The van der Waals surface area contributed by atoms with Crippen LogP contribution < -0.4 is 4.74 Å². The van der Waals surface area contributed by atoms with Crippen LogP contribution in [0.2, 0.25) is 10.0 Å². The van der Waals surface area contributed by atoms with Gasteiger partial charge in [0.25, 0.3) is 0 Å². The van der Waals surface area contributed by atoms with Gasteiger partial charge in [0.2, 0.25) is 0 Å². The van der Waals surface area contributed by atoms with Gasteiger partial charge in [0.15, 0.2) is 5.82 Å². The number of hydrogen-bond donors (Lipinski definition) is 0. The molecule has 29 heavy (non-hydrogen) atoms. The number of nitrogens with zero attached hydrogens (tertiary/aromatic N) is 3. The van der Waals surface area contributed by atoms with E-state index in [4.69, 9.17) is 33.0 Å². The first-order valence-corrected chi connectivity index (χ1v) is 11.1. The molecule has 0 fully saturated rings. The topological polar surface area (TPSA) is 31.5 Å². The van der Waals surface area contributed by atoms with Gasteiger partial charge < -0.3 is 9.30 Å². The molecule has 0 atom stereocenters. The SMILES string of the molecule is Clc1ccc(OCc2nn3cc(-c4ccc(Br)cc4)c4c3n2CCCC4)c(Cl)c1. The molecule has 0 amide bonds. The minimum Gasteiger partial charge on any atom is -0.484 e. The van der Waals surface area contributed by atoms with Crippen LogP contribution in [0, 0.1) is 0 Å². The van der Waals surface area contributed by atoms with E-state index in [1.165, 1.54) is 22.3 Å². The summed E-state index contributed by atoms with van der Waals surface area (Å²) in [4.78, 5) is 0. The molecule has 0 aliphatic carbocycles. The lowest BCUT2D eigenvalue weighted by Crippen LogP contribution is -2.07. The van der Waals surface area contributed by atoms with Gasteiger partial charge in [-0.2, -0.15) is 0 Å². The Morgan fingerprint density at radius 3 is 2.69 bits per heavy atom. The van der Waals surface area contributed by atoms with E-state index < -0.39 is 0 Å². The summed E-state index contributed by atoms with van der Waals surface area (Å²) < 4.78 is 11.3. The Labute approximate surface area is 187 Å². The van der Waals surface area contributed by atoms with Crippen molar-refractivity contribution in [2.75, 3.05) is 0 Å². The molecule has 0 bridgehead atoms. The van der Waals surface area contributed by atoms with E-state index in [0.717, 1.165) is 36.1 Å². The third-order valence-electron chi connectivity index (χ3n) is 5.32. The fourth-order valence-electron chi connectivity index (χ4n) is 3.96. The van der Waals surface area contributed by atoms with Crippen molar-refractivity contribution in [3.63, 3.8) is 0 Å². The monoisotopic (exact) mass is 489 g/mol. The van der Waals surface area contributed by atoms with Crippen molar-refractivity contribution in [2.45, 2.75) is 32.4 Å². The molecule has 3 heterocycles. The van der Waals surface area contributed by atoms with Crippen molar-refractivity contribution in [2.24, 2.45) is 0 Å². The Kier molecular flexibility index (Phi) is 5.06. The lowest BCUT2D eigenvalue weighted by atomic mass is 10.0. The van der Waals surface area contributed by atoms with Gasteiger partial charge in [-0.1, -0.05) is 51.3 Å². The minimum absolute atomic E-state index is 0.357. The number of hydrogen-bond acceptors (Lipinski definition) is 2. The summed E-state index contributed by atoms with van der Waals surface area (Å²) in [5.74, 6) is 1.51. The number of ether oxygens (including phenoxy) is 1. The molecule has 0 N–H and O–H groups in total. The second-order valence-electron chi connectivity index (χ2n) is 7.18. The van der Waals surface area contributed by atoms with Crippen LogP contribution in [-0.2, 0) is 19.6 Å². The third kappa shape index (κ3) is 3.56. The Bertz CT molecular complexity index is 1200. The molecule has 2 aromatic carbocycles. The summed E-state index contributed by atoms with van der Waals surface area (Å²) in [6.07, 6.45) is 5.47. The fraction of sp³-hybridized carbons (Fsp3) is 0.227. The molecule has 4 nitrogen and oxygen atoms in total. The van der Waals surface area contributed by atoms with Crippen molar-refractivity contribution in [1.29, 1.82) is 0 Å². The summed E-state index contributed by atoms with van der Waals surface area (Å²) in [7, 11) is 0. The first kappa shape index (κ1) is 19.0. The van der Waals surface area contributed by atoms with Crippen LogP contribution in [0.5, 0.6) is 5.75 Å². The highest BCUT2D eigenvalue weighted by Crippen LogP contribution is 2.34. The summed E-state index contributed by atoms with van der Waals surface area (Å²) in [5.41, 5.74) is 4.99. The van der Waals surface area contributed by atoms with Crippen LogP contribution >= 0.6 is 39.1 Å². The second kappa shape index (κ2) is 7.71. The molecule has 5 rings (SSSR count). The van der Waals surface area contributed by atoms with Gasteiger partial charge in [-0.3, -0.25) is 0 Å². The van der Waals surface area contributed by atoms with E-state index >= 15 is 0 Å². The van der Waals surface area contributed by atoms with Crippen LogP contribution in [-0.4, -0.2) is 14.2 Å². The predicted molar refractivity (Wildman–Crippen MR) is 120 cm³/mol. The van der Waals surface area contributed by atoms with Gasteiger partial charge >= 0.3 is 0 Å². The number of aromatic nitrogens is 3. The summed E-state index contributed by atoms with van der Waals surface area (Å²) >= 11 is 15.7. The number of benzene rings is 2.